The highest BCUT2D eigenvalue weighted by Crippen LogP contribution is 2.25. The Hall–Kier alpha value is -1.36. The van der Waals surface area contributed by atoms with Crippen molar-refractivity contribution in [1.29, 1.82) is 0 Å². The lowest BCUT2D eigenvalue weighted by atomic mass is 10.2. The maximum atomic E-state index is 5.20. The lowest BCUT2D eigenvalue weighted by Crippen LogP contribution is -2.37. The molecule has 1 aliphatic heterocycles. The van der Waals surface area contributed by atoms with Crippen LogP contribution in [0.1, 0.15) is 18.7 Å². The number of aryl methyl sites for hydroxylation is 1. The van der Waals surface area contributed by atoms with Gasteiger partial charge in [0.25, 0.3) is 0 Å². The highest BCUT2D eigenvalue weighted by atomic mass is 16.5. The van der Waals surface area contributed by atoms with Crippen LogP contribution >= 0.6 is 0 Å². The summed E-state index contributed by atoms with van der Waals surface area (Å²) < 4.78 is 5.20. The summed E-state index contributed by atoms with van der Waals surface area (Å²) in [6, 6.07) is 2.44. The van der Waals surface area contributed by atoms with Crippen molar-refractivity contribution in [2.75, 3.05) is 32.1 Å². The van der Waals surface area contributed by atoms with E-state index in [9.17, 15) is 0 Å². The van der Waals surface area contributed by atoms with Crippen molar-refractivity contribution in [3.05, 3.63) is 11.9 Å². The van der Waals surface area contributed by atoms with Gasteiger partial charge in [0.15, 0.2) is 0 Å². The molecule has 1 saturated heterocycles. The first-order valence-corrected chi connectivity index (χ1v) is 6.05. The van der Waals surface area contributed by atoms with Gasteiger partial charge >= 0.3 is 0 Å². The molecule has 2 rings (SSSR count). The van der Waals surface area contributed by atoms with Gasteiger partial charge in [-0.25, -0.2) is 4.98 Å². The Bertz CT molecular complexity index is 383. The van der Waals surface area contributed by atoms with Gasteiger partial charge in [0.2, 0.25) is 5.88 Å². The Labute approximate surface area is 102 Å². The summed E-state index contributed by atoms with van der Waals surface area (Å²) in [6.45, 7) is 3.95. The van der Waals surface area contributed by atoms with Gasteiger partial charge in [-0.05, 0) is 26.8 Å². The number of hydrogen-bond donors (Lipinski definition) is 1. The highest BCUT2D eigenvalue weighted by Gasteiger charge is 2.25. The molecule has 2 heterocycles. The molecule has 94 valence electrons. The summed E-state index contributed by atoms with van der Waals surface area (Å²) in [4.78, 5) is 11.1. The van der Waals surface area contributed by atoms with E-state index in [4.69, 9.17) is 4.74 Å². The summed E-state index contributed by atoms with van der Waals surface area (Å²) in [5, 5.41) is 3.24. The monoisotopic (exact) mass is 236 g/mol. The van der Waals surface area contributed by atoms with E-state index >= 15 is 0 Å². The first-order chi connectivity index (χ1) is 8.24. The predicted octanol–water partition coefficient (Wildman–Crippen LogP) is 0.982. The zero-order chi connectivity index (χ0) is 12.3. The third kappa shape index (κ3) is 2.66. The number of nitrogens with one attached hydrogen (secondary N) is 1. The van der Waals surface area contributed by atoms with Gasteiger partial charge in [0.1, 0.15) is 11.6 Å². The number of anilines is 1. The van der Waals surface area contributed by atoms with Crippen molar-refractivity contribution >= 4 is 5.82 Å². The minimum Gasteiger partial charge on any atom is -0.481 e. The molecule has 1 atom stereocenters. The van der Waals surface area contributed by atoms with E-state index in [0.717, 1.165) is 24.7 Å². The first kappa shape index (κ1) is 12.1. The van der Waals surface area contributed by atoms with Gasteiger partial charge in [0, 0.05) is 25.2 Å². The van der Waals surface area contributed by atoms with E-state index in [2.05, 4.69) is 20.2 Å². The summed E-state index contributed by atoms with van der Waals surface area (Å²) in [7, 11) is 3.63. The van der Waals surface area contributed by atoms with Crippen LogP contribution in [0.2, 0.25) is 0 Å². The number of ether oxygens (including phenoxy) is 1. The van der Waals surface area contributed by atoms with E-state index in [1.54, 1.807) is 7.11 Å². The largest absolute Gasteiger partial charge is 0.481 e. The fourth-order valence-corrected chi connectivity index (χ4v) is 2.36. The molecule has 0 saturated carbocycles. The Balaban J connectivity index is 2.23. The average Bonchev–Trinajstić information content (AvgIpc) is 2.77. The van der Waals surface area contributed by atoms with Crippen LogP contribution in [-0.4, -0.2) is 43.3 Å². The van der Waals surface area contributed by atoms with E-state index in [0.29, 0.717) is 11.9 Å². The first-order valence-electron chi connectivity index (χ1n) is 6.05. The van der Waals surface area contributed by atoms with Crippen LogP contribution in [0.5, 0.6) is 5.88 Å². The molecule has 0 bridgehead atoms. The van der Waals surface area contributed by atoms with E-state index in [-0.39, 0.29) is 0 Å². The minimum atomic E-state index is 0.527. The Morgan fingerprint density at radius 2 is 2.35 bits per heavy atom. The van der Waals surface area contributed by atoms with Crippen LogP contribution in [0.15, 0.2) is 6.07 Å². The fraction of sp³-hybridized carbons (Fsp3) is 0.667. The van der Waals surface area contributed by atoms with Crippen LogP contribution in [0.3, 0.4) is 0 Å². The van der Waals surface area contributed by atoms with Crippen molar-refractivity contribution < 1.29 is 4.74 Å². The summed E-state index contributed by atoms with van der Waals surface area (Å²) in [6.07, 6.45) is 2.43. The lowest BCUT2D eigenvalue weighted by molar-refractivity contribution is 0.395. The van der Waals surface area contributed by atoms with E-state index < -0.39 is 0 Å². The maximum Gasteiger partial charge on any atom is 0.218 e. The Morgan fingerprint density at radius 3 is 3.06 bits per heavy atom. The second-order valence-corrected chi connectivity index (χ2v) is 4.36. The van der Waals surface area contributed by atoms with Crippen molar-refractivity contribution in [2.45, 2.75) is 25.8 Å². The second-order valence-electron chi connectivity index (χ2n) is 4.36. The topological polar surface area (TPSA) is 50.3 Å². The van der Waals surface area contributed by atoms with Gasteiger partial charge in [-0.2, -0.15) is 4.98 Å². The van der Waals surface area contributed by atoms with Gasteiger partial charge < -0.3 is 15.0 Å². The number of methoxy groups -OCH3 is 1. The molecule has 17 heavy (non-hydrogen) atoms. The molecule has 1 aliphatic rings. The number of rotatable bonds is 4. The molecule has 1 aromatic heterocycles. The SMILES string of the molecule is CNCC1CCCN1c1cc(OC)nc(C)n1. The van der Waals surface area contributed by atoms with Crippen molar-refractivity contribution in [3.8, 4) is 5.88 Å². The highest BCUT2D eigenvalue weighted by molar-refractivity contribution is 5.44. The van der Waals surface area contributed by atoms with Crippen LogP contribution in [0.25, 0.3) is 0 Å². The average molecular weight is 236 g/mol. The molecule has 1 N–H and O–H groups in total. The van der Waals surface area contributed by atoms with Crippen molar-refractivity contribution in [2.24, 2.45) is 0 Å². The molecule has 0 amide bonds. The number of nitrogens with zero attached hydrogens (tertiary/aromatic N) is 3. The minimum absolute atomic E-state index is 0.527. The van der Waals surface area contributed by atoms with Gasteiger partial charge in [-0.3, -0.25) is 0 Å². The van der Waals surface area contributed by atoms with Crippen LogP contribution in [0.4, 0.5) is 5.82 Å². The molecular formula is C12H20N4O. The third-order valence-corrected chi connectivity index (χ3v) is 3.12. The van der Waals surface area contributed by atoms with E-state index in [1.807, 2.05) is 20.0 Å². The second kappa shape index (κ2) is 5.31. The Morgan fingerprint density at radius 1 is 1.53 bits per heavy atom. The summed E-state index contributed by atoms with van der Waals surface area (Å²) >= 11 is 0. The van der Waals surface area contributed by atoms with Crippen LogP contribution in [0, 0.1) is 6.92 Å². The number of aromatic nitrogens is 2. The molecule has 0 aromatic carbocycles. The standard InChI is InChI=1S/C12H20N4O/c1-9-14-11(7-12(15-9)17-3)16-6-4-5-10(16)8-13-2/h7,10,13H,4-6,8H2,1-3H3. The van der Waals surface area contributed by atoms with Gasteiger partial charge in [-0.15, -0.1) is 0 Å². The number of hydrogen-bond acceptors (Lipinski definition) is 5. The lowest BCUT2D eigenvalue weighted by Gasteiger charge is -2.25. The quantitative estimate of drug-likeness (QED) is 0.844. The summed E-state index contributed by atoms with van der Waals surface area (Å²) in [5.41, 5.74) is 0. The van der Waals surface area contributed by atoms with Gasteiger partial charge in [0.05, 0.1) is 7.11 Å². The third-order valence-electron chi connectivity index (χ3n) is 3.12. The molecule has 5 nitrogen and oxygen atoms in total. The molecule has 1 fully saturated rings. The molecule has 0 spiro atoms. The normalized spacial score (nSPS) is 19.7. The molecular weight excluding hydrogens is 216 g/mol. The Kier molecular flexibility index (Phi) is 3.78. The van der Waals surface area contributed by atoms with Crippen LogP contribution in [-0.2, 0) is 0 Å². The fourth-order valence-electron chi connectivity index (χ4n) is 2.36. The summed E-state index contributed by atoms with van der Waals surface area (Å²) in [5.74, 6) is 2.38. The van der Waals surface area contributed by atoms with Crippen molar-refractivity contribution in [3.63, 3.8) is 0 Å². The van der Waals surface area contributed by atoms with E-state index in [1.165, 1.54) is 12.8 Å². The van der Waals surface area contributed by atoms with Crippen LogP contribution < -0.4 is 15.0 Å². The van der Waals surface area contributed by atoms with Gasteiger partial charge in [-0.1, -0.05) is 0 Å². The predicted molar refractivity (Wildman–Crippen MR) is 67.6 cm³/mol. The zero-order valence-electron chi connectivity index (χ0n) is 10.7. The maximum absolute atomic E-state index is 5.20. The van der Waals surface area contributed by atoms with Crippen molar-refractivity contribution in [1.82, 2.24) is 15.3 Å². The number of likely N-dealkylation sites (N-methyl/N-ethyl adjacent to an activating group) is 1. The molecule has 1 unspecified atom stereocenters. The zero-order valence-corrected chi connectivity index (χ0v) is 10.7. The smallest absolute Gasteiger partial charge is 0.218 e. The molecule has 0 radical (unpaired) electrons. The molecule has 1 aromatic rings. The molecule has 0 aliphatic carbocycles. The molecule has 5 heteroatoms.